The maximum atomic E-state index is 9.11. The van der Waals surface area contributed by atoms with E-state index in [2.05, 4.69) is 56.2 Å². The van der Waals surface area contributed by atoms with Crippen LogP contribution in [0.1, 0.15) is 43.3 Å². The van der Waals surface area contributed by atoms with Gasteiger partial charge in [0.2, 0.25) is 0 Å². The monoisotopic (exact) mass is 253 g/mol. The fourth-order valence-corrected chi connectivity index (χ4v) is 2.16. The van der Waals surface area contributed by atoms with Crippen LogP contribution in [0.2, 0.25) is 0 Å². The maximum absolute atomic E-state index is 9.11. The number of benzene rings is 1. The number of hydrogen-bond acceptors (Lipinski definition) is 2. The molecular formula is C16H19N3. The van der Waals surface area contributed by atoms with Gasteiger partial charge in [-0.25, -0.2) is 4.68 Å². The minimum absolute atomic E-state index is 0.144. The average molecular weight is 253 g/mol. The van der Waals surface area contributed by atoms with Crippen LogP contribution in [0.3, 0.4) is 0 Å². The van der Waals surface area contributed by atoms with E-state index in [0.29, 0.717) is 5.56 Å². The van der Waals surface area contributed by atoms with Gasteiger partial charge in [-0.05, 0) is 37.0 Å². The topological polar surface area (TPSA) is 41.6 Å². The van der Waals surface area contributed by atoms with E-state index < -0.39 is 0 Å². The molecule has 19 heavy (non-hydrogen) atoms. The lowest BCUT2D eigenvalue weighted by Crippen LogP contribution is -2.11. The van der Waals surface area contributed by atoms with E-state index in [1.54, 1.807) is 0 Å². The van der Waals surface area contributed by atoms with Gasteiger partial charge in [0, 0.05) is 0 Å². The molecule has 0 saturated carbocycles. The van der Waals surface area contributed by atoms with Crippen molar-refractivity contribution in [3.63, 3.8) is 0 Å². The van der Waals surface area contributed by atoms with Gasteiger partial charge < -0.3 is 0 Å². The molecule has 3 nitrogen and oxygen atoms in total. The lowest BCUT2D eigenvalue weighted by Gasteiger charge is -2.19. The van der Waals surface area contributed by atoms with Gasteiger partial charge in [-0.15, -0.1) is 0 Å². The smallest absolute Gasteiger partial charge is 0.103 e. The quantitative estimate of drug-likeness (QED) is 0.778. The molecule has 0 spiro atoms. The molecule has 2 aromatic rings. The van der Waals surface area contributed by atoms with Gasteiger partial charge in [-0.1, -0.05) is 32.9 Å². The van der Waals surface area contributed by atoms with Gasteiger partial charge in [0.15, 0.2) is 0 Å². The number of nitriles is 1. The number of nitrogens with zero attached hydrogens (tertiary/aromatic N) is 3. The molecule has 0 unspecified atom stereocenters. The Bertz CT molecular complexity index is 634. The van der Waals surface area contributed by atoms with Crippen molar-refractivity contribution in [1.29, 1.82) is 5.26 Å². The van der Waals surface area contributed by atoms with Crippen molar-refractivity contribution in [3.05, 3.63) is 46.8 Å². The van der Waals surface area contributed by atoms with Crippen LogP contribution in [0, 0.1) is 25.2 Å². The Morgan fingerprint density at radius 2 is 1.68 bits per heavy atom. The lowest BCUT2D eigenvalue weighted by atomic mass is 9.87. The molecule has 0 aliphatic rings. The highest BCUT2D eigenvalue weighted by atomic mass is 15.3. The predicted octanol–water partition coefficient (Wildman–Crippen LogP) is 3.66. The molecule has 0 atom stereocenters. The van der Waals surface area contributed by atoms with Crippen LogP contribution in [0.5, 0.6) is 0 Å². The standard InChI is InChI=1S/C16H19N3/c1-11-15(10-17)12(2)19(18-11)14-8-6-13(7-9-14)16(3,4)5/h6-9H,1-5H3. The van der Waals surface area contributed by atoms with Crippen LogP contribution in [-0.4, -0.2) is 9.78 Å². The molecule has 2 rings (SSSR count). The zero-order valence-electron chi connectivity index (χ0n) is 12.2. The minimum atomic E-state index is 0.144. The molecule has 1 aromatic carbocycles. The van der Waals surface area contributed by atoms with Crippen LogP contribution >= 0.6 is 0 Å². The molecule has 0 amide bonds. The largest absolute Gasteiger partial charge is 0.236 e. The van der Waals surface area contributed by atoms with Crippen LogP contribution in [-0.2, 0) is 5.41 Å². The summed E-state index contributed by atoms with van der Waals surface area (Å²) < 4.78 is 1.83. The van der Waals surface area contributed by atoms with E-state index >= 15 is 0 Å². The summed E-state index contributed by atoms with van der Waals surface area (Å²) in [7, 11) is 0. The summed E-state index contributed by atoms with van der Waals surface area (Å²) in [4.78, 5) is 0. The zero-order chi connectivity index (χ0) is 14.2. The summed E-state index contributed by atoms with van der Waals surface area (Å²) in [5.41, 5.74) is 4.77. The molecule has 0 aliphatic carbocycles. The molecule has 98 valence electrons. The molecule has 0 bridgehead atoms. The van der Waals surface area contributed by atoms with Crippen LogP contribution in [0.15, 0.2) is 24.3 Å². The van der Waals surface area contributed by atoms with Crippen LogP contribution < -0.4 is 0 Å². The van der Waals surface area contributed by atoms with Crippen LogP contribution in [0.25, 0.3) is 5.69 Å². The first-order valence-electron chi connectivity index (χ1n) is 6.42. The van der Waals surface area contributed by atoms with Crippen LogP contribution in [0.4, 0.5) is 0 Å². The lowest BCUT2D eigenvalue weighted by molar-refractivity contribution is 0.590. The number of rotatable bonds is 1. The minimum Gasteiger partial charge on any atom is -0.236 e. The van der Waals surface area contributed by atoms with Gasteiger partial charge in [0.25, 0.3) is 0 Å². The molecule has 0 radical (unpaired) electrons. The van der Waals surface area contributed by atoms with Gasteiger partial charge >= 0.3 is 0 Å². The first-order chi connectivity index (χ1) is 8.84. The van der Waals surface area contributed by atoms with E-state index in [4.69, 9.17) is 5.26 Å². The van der Waals surface area contributed by atoms with E-state index in [1.165, 1.54) is 5.56 Å². The first-order valence-corrected chi connectivity index (χ1v) is 6.42. The molecule has 1 aromatic heterocycles. The Labute approximate surface area is 114 Å². The highest BCUT2D eigenvalue weighted by Crippen LogP contribution is 2.24. The predicted molar refractivity (Wildman–Crippen MR) is 76.5 cm³/mol. The number of aryl methyl sites for hydroxylation is 1. The fourth-order valence-electron chi connectivity index (χ4n) is 2.16. The highest BCUT2D eigenvalue weighted by molar-refractivity contribution is 5.44. The molecule has 0 N–H and O–H groups in total. The van der Waals surface area contributed by atoms with E-state index in [0.717, 1.165) is 17.1 Å². The van der Waals surface area contributed by atoms with Crippen molar-refractivity contribution >= 4 is 0 Å². The van der Waals surface area contributed by atoms with Gasteiger partial charge in [-0.2, -0.15) is 10.4 Å². The summed E-state index contributed by atoms with van der Waals surface area (Å²) in [5.74, 6) is 0. The fraction of sp³-hybridized carbons (Fsp3) is 0.375. The summed E-state index contributed by atoms with van der Waals surface area (Å²) >= 11 is 0. The van der Waals surface area contributed by atoms with Crippen molar-refractivity contribution in [2.24, 2.45) is 0 Å². The van der Waals surface area contributed by atoms with E-state index in [9.17, 15) is 0 Å². The molecule has 1 heterocycles. The van der Waals surface area contributed by atoms with Gasteiger partial charge in [0.05, 0.1) is 22.6 Å². The molecule has 0 aliphatic heterocycles. The Hall–Kier alpha value is -2.08. The zero-order valence-corrected chi connectivity index (χ0v) is 12.2. The van der Waals surface area contributed by atoms with Crippen molar-refractivity contribution in [3.8, 4) is 11.8 Å². The highest BCUT2D eigenvalue weighted by Gasteiger charge is 2.15. The third kappa shape index (κ3) is 2.39. The van der Waals surface area contributed by atoms with Gasteiger partial charge in [-0.3, -0.25) is 0 Å². The van der Waals surface area contributed by atoms with E-state index in [1.807, 2.05) is 18.5 Å². The summed E-state index contributed by atoms with van der Waals surface area (Å²) in [6.07, 6.45) is 0. The molecule has 3 heteroatoms. The maximum Gasteiger partial charge on any atom is 0.103 e. The Balaban J connectivity index is 2.47. The SMILES string of the molecule is Cc1nn(-c2ccc(C(C)(C)C)cc2)c(C)c1C#N. The van der Waals surface area contributed by atoms with Crippen molar-refractivity contribution in [2.75, 3.05) is 0 Å². The molecular weight excluding hydrogens is 234 g/mol. The first kappa shape index (κ1) is 13.4. The van der Waals surface area contributed by atoms with Gasteiger partial charge in [0.1, 0.15) is 6.07 Å². The van der Waals surface area contributed by atoms with Crippen molar-refractivity contribution < 1.29 is 0 Å². The molecule has 0 fully saturated rings. The Morgan fingerprint density at radius 1 is 1.11 bits per heavy atom. The second kappa shape index (κ2) is 4.55. The number of aromatic nitrogens is 2. The summed E-state index contributed by atoms with van der Waals surface area (Å²) in [5, 5.41) is 13.5. The Kier molecular flexibility index (Phi) is 3.20. The second-order valence-electron chi connectivity index (χ2n) is 5.87. The average Bonchev–Trinajstić information content (AvgIpc) is 2.63. The third-order valence-corrected chi connectivity index (χ3v) is 3.38. The van der Waals surface area contributed by atoms with Crippen molar-refractivity contribution in [2.45, 2.75) is 40.0 Å². The molecule has 0 saturated heterocycles. The summed E-state index contributed by atoms with van der Waals surface area (Å²) in [6.45, 7) is 10.4. The number of hydrogen-bond donors (Lipinski definition) is 0. The summed E-state index contributed by atoms with van der Waals surface area (Å²) in [6, 6.07) is 10.6. The second-order valence-corrected chi connectivity index (χ2v) is 5.87. The van der Waals surface area contributed by atoms with E-state index in [-0.39, 0.29) is 5.41 Å². The normalized spacial score (nSPS) is 11.4. The Morgan fingerprint density at radius 3 is 2.11 bits per heavy atom. The van der Waals surface area contributed by atoms with Crippen molar-refractivity contribution in [1.82, 2.24) is 9.78 Å². The third-order valence-electron chi connectivity index (χ3n) is 3.38.